The highest BCUT2D eigenvalue weighted by Gasteiger charge is 2.35. The molecule has 11 heteroatoms. The first-order chi connectivity index (χ1) is 21.6. The molecule has 4 aromatic rings. The Bertz CT molecular complexity index is 1890. The van der Waals surface area contributed by atoms with Crippen molar-refractivity contribution in [3.05, 3.63) is 130 Å². The van der Waals surface area contributed by atoms with Crippen LogP contribution in [0.25, 0.3) is 0 Å². The van der Waals surface area contributed by atoms with Gasteiger partial charge in [0.25, 0.3) is 17.4 Å². The molecule has 1 fully saturated rings. The van der Waals surface area contributed by atoms with Gasteiger partial charge in [0.1, 0.15) is 5.82 Å². The first kappa shape index (κ1) is 30.3. The Labute approximate surface area is 260 Å². The Balaban J connectivity index is 1.22. The van der Waals surface area contributed by atoms with Crippen LogP contribution in [0.4, 0.5) is 15.8 Å². The lowest BCUT2D eigenvalue weighted by Crippen LogP contribution is -2.47. The average molecular weight is 629 g/mol. The lowest BCUT2D eigenvalue weighted by Gasteiger charge is -2.44. The number of carbonyl (C=O) groups is 2. The monoisotopic (exact) mass is 628 g/mol. The zero-order valence-corrected chi connectivity index (χ0v) is 25.3. The molecule has 2 unspecified atom stereocenters. The highest BCUT2D eigenvalue weighted by atomic mass is 32.2. The van der Waals surface area contributed by atoms with E-state index in [4.69, 9.17) is 0 Å². The van der Waals surface area contributed by atoms with Gasteiger partial charge in [0.05, 0.1) is 22.9 Å². The Morgan fingerprint density at radius 1 is 0.844 bits per heavy atom. The van der Waals surface area contributed by atoms with E-state index in [0.717, 1.165) is 12.1 Å². The number of rotatable bonds is 9. The Hall–Kier alpha value is -4.77. The minimum Gasteiger partial charge on any atom is -0.369 e. The van der Waals surface area contributed by atoms with Crippen LogP contribution in [-0.2, 0) is 22.1 Å². The van der Waals surface area contributed by atoms with Gasteiger partial charge in [0, 0.05) is 55.0 Å². The van der Waals surface area contributed by atoms with Crippen LogP contribution in [0.15, 0.2) is 95.8 Å². The summed E-state index contributed by atoms with van der Waals surface area (Å²) in [5.74, 6) is -1.40. The number of nitrogens with zero attached hydrogens (tertiary/aromatic N) is 2. The SMILES string of the molecule is O=C(NCCS(=O)(=O)Cc1ccccc1)c1ccc(N2CC3CC(C2)c2cccc(=O)n2C3)c(NC(=O)c2ccc(F)cc2)c1. The summed E-state index contributed by atoms with van der Waals surface area (Å²) in [4.78, 5) is 41.0. The standard InChI is InChI=1S/C34H33FN4O5S/c35-28-12-9-25(10-13-28)34(42)37-29-18-26(33(41)36-15-16-45(43,44)22-23-5-2-1-3-6-23)11-14-31(29)38-19-24-17-27(21-38)30-7-4-8-32(40)39(30)20-24/h1-14,18,24,27H,15-17,19-22H2,(H,36,41)(H,37,42). The topological polar surface area (TPSA) is 118 Å². The summed E-state index contributed by atoms with van der Waals surface area (Å²) in [7, 11) is -3.45. The van der Waals surface area contributed by atoms with Crippen molar-refractivity contribution in [2.24, 2.45) is 5.92 Å². The predicted octanol–water partition coefficient (Wildman–Crippen LogP) is 4.21. The van der Waals surface area contributed by atoms with Crippen molar-refractivity contribution in [2.75, 3.05) is 35.6 Å². The number of nitrogens with one attached hydrogen (secondary N) is 2. The van der Waals surface area contributed by atoms with Gasteiger partial charge in [-0.25, -0.2) is 12.8 Å². The third kappa shape index (κ3) is 6.99. The second-order valence-corrected chi connectivity index (χ2v) is 13.8. The van der Waals surface area contributed by atoms with E-state index in [9.17, 15) is 27.2 Å². The number of halogens is 1. The summed E-state index contributed by atoms with van der Waals surface area (Å²) in [5, 5.41) is 5.59. The Morgan fingerprint density at radius 3 is 2.38 bits per heavy atom. The van der Waals surface area contributed by atoms with Crippen molar-refractivity contribution >= 4 is 33.0 Å². The van der Waals surface area contributed by atoms with E-state index in [-0.39, 0.29) is 46.6 Å². The van der Waals surface area contributed by atoms with E-state index in [0.29, 0.717) is 36.6 Å². The van der Waals surface area contributed by atoms with Crippen LogP contribution >= 0.6 is 0 Å². The molecule has 0 radical (unpaired) electrons. The quantitative estimate of drug-likeness (QED) is 0.287. The van der Waals surface area contributed by atoms with E-state index in [1.54, 1.807) is 54.6 Å². The molecule has 0 aliphatic carbocycles. The zero-order chi connectivity index (χ0) is 31.6. The van der Waals surface area contributed by atoms with Gasteiger partial charge in [0.2, 0.25) is 0 Å². The molecule has 2 aliphatic rings. The summed E-state index contributed by atoms with van der Waals surface area (Å²) in [6.07, 6.45) is 0.949. The van der Waals surface area contributed by atoms with E-state index >= 15 is 0 Å². The zero-order valence-electron chi connectivity index (χ0n) is 24.5. The van der Waals surface area contributed by atoms with Crippen LogP contribution in [0.5, 0.6) is 0 Å². The number of pyridine rings is 1. The number of anilines is 2. The normalized spacial score (nSPS) is 17.3. The molecule has 2 aliphatic heterocycles. The smallest absolute Gasteiger partial charge is 0.255 e. The molecule has 2 bridgehead atoms. The highest BCUT2D eigenvalue weighted by Crippen LogP contribution is 2.39. The van der Waals surface area contributed by atoms with Crippen LogP contribution in [0.2, 0.25) is 0 Å². The molecule has 0 saturated carbocycles. The number of hydrogen-bond donors (Lipinski definition) is 2. The van der Waals surface area contributed by atoms with Gasteiger partial charge in [-0.1, -0.05) is 36.4 Å². The van der Waals surface area contributed by atoms with Gasteiger partial charge in [-0.15, -0.1) is 0 Å². The summed E-state index contributed by atoms with van der Waals surface area (Å²) < 4.78 is 40.6. The minimum absolute atomic E-state index is 0.00821. The fraction of sp³-hybridized carbons (Fsp3) is 0.265. The summed E-state index contributed by atoms with van der Waals surface area (Å²) in [6, 6.07) is 24.4. The van der Waals surface area contributed by atoms with Crippen molar-refractivity contribution in [1.82, 2.24) is 9.88 Å². The summed E-state index contributed by atoms with van der Waals surface area (Å²) >= 11 is 0. The molecule has 2 atom stereocenters. The molecule has 3 aromatic carbocycles. The molecule has 1 aromatic heterocycles. The molecule has 1 saturated heterocycles. The van der Waals surface area contributed by atoms with Crippen LogP contribution in [0.1, 0.15) is 44.3 Å². The lowest BCUT2D eigenvalue weighted by molar-refractivity contribution is 0.0954. The molecule has 6 rings (SSSR count). The van der Waals surface area contributed by atoms with E-state index < -0.39 is 27.5 Å². The second-order valence-electron chi connectivity index (χ2n) is 11.6. The maximum atomic E-state index is 13.5. The summed E-state index contributed by atoms with van der Waals surface area (Å²) in [5.41, 5.74) is 3.28. The van der Waals surface area contributed by atoms with Crippen molar-refractivity contribution in [2.45, 2.75) is 24.6 Å². The van der Waals surface area contributed by atoms with Crippen molar-refractivity contribution in [3.63, 3.8) is 0 Å². The van der Waals surface area contributed by atoms with Gasteiger partial charge >= 0.3 is 0 Å². The number of carbonyl (C=O) groups excluding carboxylic acids is 2. The number of amides is 2. The highest BCUT2D eigenvalue weighted by molar-refractivity contribution is 7.90. The summed E-state index contributed by atoms with van der Waals surface area (Å²) in [6.45, 7) is 1.81. The predicted molar refractivity (Wildman–Crippen MR) is 171 cm³/mol. The van der Waals surface area contributed by atoms with Gasteiger partial charge in [-0.05, 0) is 66.4 Å². The molecule has 0 spiro atoms. The number of piperidine rings is 1. The maximum Gasteiger partial charge on any atom is 0.255 e. The fourth-order valence-corrected chi connectivity index (χ4v) is 7.52. The molecule has 3 heterocycles. The van der Waals surface area contributed by atoms with Crippen LogP contribution < -0.4 is 21.1 Å². The number of benzene rings is 3. The van der Waals surface area contributed by atoms with Crippen molar-refractivity contribution in [1.29, 1.82) is 0 Å². The van der Waals surface area contributed by atoms with E-state index in [2.05, 4.69) is 15.5 Å². The first-order valence-corrected chi connectivity index (χ1v) is 16.7. The van der Waals surface area contributed by atoms with Crippen LogP contribution in [0, 0.1) is 11.7 Å². The fourth-order valence-electron chi connectivity index (χ4n) is 6.26. The van der Waals surface area contributed by atoms with E-state index in [1.165, 1.54) is 24.3 Å². The Kier molecular flexibility index (Phi) is 8.53. The number of sulfone groups is 1. The van der Waals surface area contributed by atoms with E-state index in [1.807, 2.05) is 16.7 Å². The van der Waals surface area contributed by atoms with Gasteiger partial charge in [0.15, 0.2) is 9.84 Å². The Morgan fingerprint density at radius 2 is 1.60 bits per heavy atom. The molecular formula is C34H33FN4O5S. The molecule has 45 heavy (non-hydrogen) atoms. The molecule has 232 valence electrons. The molecule has 9 nitrogen and oxygen atoms in total. The largest absolute Gasteiger partial charge is 0.369 e. The lowest BCUT2D eigenvalue weighted by atomic mass is 9.83. The minimum atomic E-state index is -3.45. The van der Waals surface area contributed by atoms with Crippen LogP contribution in [-0.4, -0.2) is 50.2 Å². The van der Waals surface area contributed by atoms with Gasteiger partial charge in [-0.2, -0.15) is 0 Å². The maximum absolute atomic E-state index is 13.5. The number of fused-ring (bicyclic) bond motifs is 4. The average Bonchev–Trinajstić information content (AvgIpc) is 3.02. The van der Waals surface area contributed by atoms with Crippen molar-refractivity contribution < 1.29 is 22.4 Å². The molecular weight excluding hydrogens is 595 g/mol. The number of hydrogen-bond acceptors (Lipinski definition) is 6. The molecule has 2 N–H and O–H groups in total. The third-order valence-electron chi connectivity index (χ3n) is 8.36. The second kappa shape index (κ2) is 12.7. The molecule has 2 amide bonds. The number of aromatic nitrogens is 1. The van der Waals surface area contributed by atoms with Gasteiger partial charge in [-0.3, -0.25) is 14.4 Å². The third-order valence-corrected chi connectivity index (χ3v) is 9.96. The first-order valence-electron chi connectivity index (χ1n) is 14.8. The van der Waals surface area contributed by atoms with Crippen LogP contribution in [0.3, 0.4) is 0 Å². The van der Waals surface area contributed by atoms with Gasteiger partial charge < -0.3 is 20.1 Å². The van der Waals surface area contributed by atoms with Crippen molar-refractivity contribution in [3.8, 4) is 0 Å².